The molecule has 0 aliphatic carbocycles. The largest absolute Gasteiger partial charge is 0.463 e. The van der Waals surface area contributed by atoms with Gasteiger partial charge in [-0.2, -0.15) is 0 Å². The summed E-state index contributed by atoms with van der Waals surface area (Å²) in [5, 5.41) is 3.57. The predicted molar refractivity (Wildman–Crippen MR) is 112 cm³/mol. The fourth-order valence-electron chi connectivity index (χ4n) is 4.17. The van der Waals surface area contributed by atoms with Gasteiger partial charge in [0.05, 0.1) is 5.41 Å². The first kappa shape index (κ1) is 16.8. The summed E-state index contributed by atoms with van der Waals surface area (Å²) >= 11 is 0. The topological polar surface area (TPSA) is 38.3 Å². The Kier molecular flexibility index (Phi) is 3.50. The zero-order valence-corrected chi connectivity index (χ0v) is 15.9. The van der Waals surface area contributed by atoms with Gasteiger partial charge in [0.25, 0.3) is 0 Å². The van der Waals surface area contributed by atoms with Crippen molar-refractivity contribution in [2.24, 2.45) is 0 Å². The van der Waals surface area contributed by atoms with Crippen LogP contribution in [0, 0.1) is 0 Å². The number of nitrogens with one attached hydrogen (secondary N) is 1. The van der Waals surface area contributed by atoms with Crippen LogP contribution in [0.2, 0.25) is 0 Å². The molecular weight excluding hydrogens is 346 g/mol. The van der Waals surface area contributed by atoms with Gasteiger partial charge in [-0.25, -0.2) is 0 Å². The third-order valence-corrected chi connectivity index (χ3v) is 5.93. The molecule has 5 rings (SSSR count). The number of ether oxygens (including phenoxy) is 1. The molecule has 1 spiro atoms. The molecule has 1 N–H and O–H groups in total. The van der Waals surface area contributed by atoms with Gasteiger partial charge in [0.1, 0.15) is 5.75 Å². The third-order valence-electron chi connectivity index (χ3n) is 5.93. The predicted octanol–water partition coefficient (Wildman–Crippen LogP) is 5.42. The Morgan fingerprint density at radius 3 is 2.43 bits per heavy atom. The Balaban J connectivity index is 1.54. The van der Waals surface area contributed by atoms with E-state index in [2.05, 4.69) is 49.5 Å². The second kappa shape index (κ2) is 5.83. The van der Waals surface area contributed by atoms with Crippen molar-refractivity contribution in [2.75, 3.05) is 5.32 Å². The van der Waals surface area contributed by atoms with Crippen LogP contribution < -0.4 is 10.1 Å². The van der Waals surface area contributed by atoms with Crippen LogP contribution in [0.15, 0.2) is 78.9 Å². The number of fused-ring (bicyclic) bond motifs is 2. The van der Waals surface area contributed by atoms with Crippen LogP contribution in [-0.4, -0.2) is 11.5 Å². The van der Waals surface area contributed by atoms with Crippen LogP contribution in [-0.2, 0) is 5.41 Å². The molecule has 2 aliphatic rings. The van der Waals surface area contributed by atoms with Crippen molar-refractivity contribution in [3.8, 4) is 5.75 Å². The zero-order valence-electron chi connectivity index (χ0n) is 15.9. The molecule has 2 aliphatic heterocycles. The highest BCUT2D eigenvalue weighted by atomic mass is 16.5. The maximum Gasteiger partial charge on any atom is 0.209 e. The van der Waals surface area contributed by atoms with Crippen LogP contribution >= 0.6 is 0 Å². The molecule has 3 aromatic rings. The van der Waals surface area contributed by atoms with E-state index in [-0.39, 0.29) is 11.2 Å². The Bertz CT molecular complexity index is 1110. The van der Waals surface area contributed by atoms with E-state index in [0.29, 0.717) is 11.1 Å². The van der Waals surface area contributed by atoms with Gasteiger partial charge in [0, 0.05) is 22.4 Å². The van der Waals surface area contributed by atoms with Gasteiger partial charge in [-0.3, -0.25) is 4.79 Å². The molecule has 28 heavy (non-hydrogen) atoms. The summed E-state index contributed by atoms with van der Waals surface area (Å²) in [4.78, 5) is 12.9. The normalized spacial score (nSPS) is 20.8. The lowest BCUT2D eigenvalue weighted by molar-refractivity contribution is 0.0820. The number of para-hydroxylation sites is 1. The van der Waals surface area contributed by atoms with Gasteiger partial charge in [-0.05, 0) is 43.7 Å². The highest BCUT2D eigenvalue weighted by Gasteiger charge is 2.54. The van der Waals surface area contributed by atoms with Gasteiger partial charge < -0.3 is 10.1 Å². The molecule has 0 saturated heterocycles. The Morgan fingerprint density at radius 2 is 1.64 bits per heavy atom. The summed E-state index contributed by atoms with van der Waals surface area (Å²) in [6.07, 6.45) is 4.17. The molecule has 3 nitrogen and oxygen atoms in total. The minimum absolute atomic E-state index is 0.00229. The van der Waals surface area contributed by atoms with Crippen LogP contribution in [0.4, 0.5) is 5.69 Å². The maximum absolute atomic E-state index is 12.9. The fourth-order valence-corrected chi connectivity index (χ4v) is 4.17. The summed E-state index contributed by atoms with van der Waals surface area (Å²) in [7, 11) is 0. The van der Waals surface area contributed by atoms with Crippen LogP contribution in [0.1, 0.15) is 40.9 Å². The highest BCUT2D eigenvalue weighted by molar-refractivity contribution is 6.09. The molecule has 138 valence electrons. The summed E-state index contributed by atoms with van der Waals surface area (Å²) in [6, 6.07) is 23.3. The number of ketones is 1. The average Bonchev–Trinajstić information content (AvgIpc) is 2.94. The van der Waals surface area contributed by atoms with Crippen LogP contribution in [0.3, 0.4) is 0 Å². The molecule has 0 bridgehead atoms. The van der Waals surface area contributed by atoms with Crippen molar-refractivity contribution in [2.45, 2.75) is 25.0 Å². The zero-order chi connectivity index (χ0) is 19.4. The second-order valence-electron chi connectivity index (χ2n) is 7.91. The number of carbonyl (C=O) groups is 1. The fraction of sp³-hybridized carbons (Fsp3) is 0.160. The van der Waals surface area contributed by atoms with Crippen molar-refractivity contribution in [3.05, 3.63) is 101 Å². The minimum atomic E-state index is -0.682. The van der Waals surface area contributed by atoms with E-state index in [9.17, 15) is 4.79 Å². The molecule has 0 fully saturated rings. The van der Waals surface area contributed by atoms with Gasteiger partial charge in [-0.15, -0.1) is 0 Å². The molecule has 2 heterocycles. The first-order chi connectivity index (χ1) is 13.5. The van der Waals surface area contributed by atoms with Crippen molar-refractivity contribution >= 4 is 17.5 Å². The molecule has 3 aromatic carbocycles. The molecular formula is C25H21NO2. The number of anilines is 1. The third kappa shape index (κ3) is 2.32. The molecule has 0 radical (unpaired) electrons. The average molecular weight is 367 g/mol. The van der Waals surface area contributed by atoms with Crippen LogP contribution in [0.25, 0.3) is 6.08 Å². The van der Waals surface area contributed by atoms with Crippen molar-refractivity contribution in [3.63, 3.8) is 0 Å². The number of carbonyl (C=O) groups excluding carboxylic acids is 1. The highest BCUT2D eigenvalue weighted by Crippen LogP contribution is 2.50. The van der Waals surface area contributed by atoms with Crippen LogP contribution in [0.5, 0.6) is 5.75 Å². The lowest BCUT2D eigenvalue weighted by Gasteiger charge is -2.41. The number of hydrogen-bond acceptors (Lipinski definition) is 3. The van der Waals surface area contributed by atoms with E-state index < -0.39 is 5.72 Å². The summed E-state index contributed by atoms with van der Waals surface area (Å²) in [5.41, 5.74) is 3.63. The number of hydrogen-bond donors (Lipinski definition) is 1. The lowest BCUT2D eigenvalue weighted by atomic mass is 9.76. The lowest BCUT2D eigenvalue weighted by Crippen LogP contribution is -2.53. The first-order valence-electron chi connectivity index (χ1n) is 9.50. The molecule has 0 amide bonds. The van der Waals surface area contributed by atoms with E-state index in [1.165, 1.54) is 5.56 Å². The molecule has 3 heteroatoms. The summed E-state index contributed by atoms with van der Waals surface area (Å²) in [6.45, 7) is 4.36. The Morgan fingerprint density at radius 1 is 0.893 bits per heavy atom. The monoisotopic (exact) mass is 367 g/mol. The Hall–Kier alpha value is -3.33. The Labute approximate surface area is 164 Å². The first-order valence-corrected chi connectivity index (χ1v) is 9.50. The molecule has 1 unspecified atom stereocenters. The van der Waals surface area contributed by atoms with E-state index in [1.54, 1.807) is 0 Å². The quantitative estimate of drug-likeness (QED) is 0.615. The second-order valence-corrected chi connectivity index (χ2v) is 7.91. The summed E-state index contributed by atoms with van der Waals surface area (Å²) in [5.74, 6) is 0.718. The van der Waals surface area contributed by atoms with E-state index in [0.717, 1.165) is 17.0 Å². The SMILES string of the molecule is CC1(C)c2ccccc2NC12C=Cc1ccc(C(=O)c3ccccc3)cc1O2. The van der Waals surface area contributed by atoms with Gasteiger partial charge in [0.2, 0.25) is 5.72 Å². The van der Waals surface area contributed by atoms with Gasteiger partial charge in [0.15, 0.2) is 5.78 Å². The minimum Gasteiger partial charge on any atom is -0.463 e. The van der Waals surface area contributed by atoms with Gasteiger partial charge >= 0.3 is 0 Å². The van der Waals surface area contributed by atoms with E-state index >= 15 is 0 Å². The maximum atomic E-state index is 12.9. The molecule has 0 saturated carbocycles. The van der Waals surface area contributed by atoms with Crippen molar-refractivity contribution in [1.29, 1.82) is 0 Å². The molecule has 1 atom stereocenters. The standard InChI is InChI=1S/C25H21NO2/c1-24(2)20-10-6-7-11-21(20)26-25(24)15-14-17-12-13-19(16-22(17)28-25)23(27)18-8-4-3-5-9-18/h3-16,26H,1-2H3. The number of benzene rings is 3. The van der Waals surface area contributed by atoms with Gasteiger partial charge in [-0.1, -0.05) is 60.7 Å². The molecule has 0 aromatic heterocycles. The summed E-state index contributed by atoms with van der Waals surface area (Å²) < 4.78 is 6.55. The smallest absolute Gasteiger partial charge is 0.209 e. The van der Waals surface area contributed by atoms with E-state index in [1.807, 2.05) is 54.6 Å². The van der Waals surface area contributed by atoms with E-state index in [4.69, 9.17) is 4.74 Å². The van der Waals surface area contributed by atoms with Crippen molar-refractivity contribution in [1.82, 2.24) is 0 Å². The number of rotatable bonds is 2. The van der Waals surface area contributed by atoms with Crippen molar-refractivity contribution < 1.29 is 9.53 Å².